The summed E-state index contributed by atoms with van der Waals surface area (Å²) >= 11 is 0. The standard InChI is InChI=1S/C11H13N3O4/c1-2-3-4-10(15)13-11(16)8-5-9(14(17)18)7-12-6-8/h5-7H,2-4H2,1H3,(H,13,15,16). The van der Waals surface area contributed by atoms with Crippen LogP contribution in [-0.4, -0.2) is 21.7 Å². The van der Waals surface area contributed by atoms with E-state index in [0.717, 1.165) is 18.7 Å². The van der Waals surface area contributed by atoms with Crippen LogP contribution >= 0.6 is 0 Å². The largest absolute Gasteiger partial charge is 0.292 e. The van der Waals surface area contributed by atoms with Gasteiger partial charge in [-0.1, -0.05) is 13.3 Å². The molecule has 1 aromatic heterocycles. The van der Waals surface area contributed by atoms with E-state index in [1.807, 2.05) is 6.92 Å². The van der Waals surface area contributed by atoms with Crippen molar-refractivity contribution in [2.45, 2.75) is 26.2 Å². The summed E-state index contributed by atoms with van der Waals surface area (Å²) in [5.74, 6) is -1.07. The Morgan fingerprint density at radius 2 is 2.17 bits per heavy atom. The molecule has 0 aliphatic rings. The molecule has 0 unspecified atom stereocenters. The van der Waals surface area contributed by atoms with Crippen LogP contribution in [0.2, 0.25) is 0 Å². The number of nitro groups is 1. The van der Waals surface area contributed by atoms with Crippen molar-refractivity contribution in [3.05, 3.63) is 34.1 Å². The molecular formula is C11H13N3O4. The molecule has 1 N–H and O–H groups in total. The number of nitrogens with one attached hydrogen (secondary N) is 1. The minimum Gasteiger partial charge on any atom is -0.292 e. The monoisotopic (exact) mass is 251 g/mol. The fourth-order valence-electron chi connectivity index (χ4n) is 1.25. The second kappa shape index (κ2) is 6.43. The first-order valence-electron chi connectivity index (χ1n) is 5.48. The van der Waals surface area contributed by atoms with Crippen molar-refractivity contribution in [1.82, 2.24) is 10.3 Å². The van der Waals surface area contributed by atoms with Gasteiger partial charge in [0.2, 0.25) is 5.91 Å². The van der Waals surface area contributed by atoms with E-state index in [-0.39, 0.29) is 17.7 Å². The van der Waals surface area contributed by atoms with E-state index >= 15 is 0 Å². The molecule has 0 aliphatic heterocycles. The van der Waals surface area contributed by atoms with Gasteiger partial charge in [0, 0.05) is 18.7 Å². The van der Waals surface area contributed by atoms with E-state index in [4.69, 9.17) is 0 Å². The maximum Gasteiger partial charge on any atom is 0.288 e. The molecular weight excluding hydrogens is 238 g/mol. The summed E-state index contributed by atoms with van der Waals surface area (Å²) in [6.45, 7) is 1.93. The van der Waals surface area contributed by atoms with Gasteiger partial charge in [0.15, 0.2) is 0 Å². The van der Waals surface area contributed by atoms with Crippen LogP contribution < -0.4 is 5.32 Å². The predicted octanol–water partition coefficient (Wildman–Crippen LogP) is 1.44. The lowest BCUT2D eigenvalue weighted by atomic mass is 10.2. The van der Waals surface area contributed by atoms with E-state index in [1.165, 1.54) is 6.20 Å². The topological polar surface area (TPSA) is 102 Å². The van der Waals surface area contributed by atoms with Crippen LogP contribution in [0.25, 0.3) is 0 Å². The van der Waals surface area contributed by atoms with Crippen LogP contribution in [0.4, 0.5) is 5.69 Å². The third kappa shape index (κ3) is 3.93. The molecule has 2 amide bonds. The van der Waals surface area contributed by atoms with Crippen molar-refractivity contribution in [1.29, 1.82) is 0 Å². The van der Waals surface area contributed by atoms with E-state index < -0.39 is 16.7 Å². The average Bonchev–Trinajstić information content (AvgIpc) is 2.36. The van der Waals surface area contributed by atoms with Gasteiger partial charge >= 0.3 is 0 Å². The lowest BCUT2D eigenvalue weighted by Gasteiger charge is -2.03. The van der Waals surface area contributed by atoms with Crippen molar-refractivity contribution >= 4 is 17.5 Å². The van der Waals surface area contributed by atoms with Gasteiger partial charge in [0.1, 0.15) is 6.20 Å². The Hall–Kier alpha value is -2.31. The fourth-order valence-corrected chi connectivity index (χ4v) is 1.25. The summed E-state index contributed by atoms with van der Waals surface area (Å²) in [4.78, 5) is 36.4. The van der Waals surface area contributed by atoms with Crippen LogP contribution in [-0.2, 0) is 4.79 Å². The van der Waals surface area contributed by atoms with E-state index in [9.17, 15) is 19.7 Å². The van der Waals surface area contributed by atoms with E-state index in [0.29, 0.717) is 6.42 Å². The molecule has 7 nitrogen and oxygen atoms in total. The maximum absolute atomic E-state index is 11.6. The molecule has 96 valence electrons. The molecule has 0 fully saturated rings. The van der Waals surface area contributed by atoms with Crippen LogP contribution in [0, 0.1) is 10.1 Å². The number of hydrogen-bond acceptors (Lipinski definition) is 5. The molecule has 0 atom stereocenters. The second-order valence-electron chi connectivity index (χ2n) is 3.67. The van der Waals surface area contributed by atoms with Crippen LogP contribution in [0.5, 0.6) is 0 Å². The molecule has 0 saturated carbocycles. The lowest BCUT2D eigenvalue weighted by molar-refractivity contribution is -0.385. The average molecular weight is 251 g/mol. The number of aromatic nitrogens is 1. The van der Waals surface area contributed by atoms with Crippen molar-refractivity contribution in [2.75, 3.05) is 0 Å². The summed E-state index contributed by atoms with van der Waals surface area (Å²) < 4.78 is 0. The Labute approximate surface area is 103 Å². The fraction of sp³-hybridized carbons (Fsp3) is 0.364. The van der Waals surface area contributed by atoms with Gasteiger partial charge in [-0.05, 0) is 6.42 Å². The zero-order valence-electron chi connectivity index (χ0n) is 9.88. The SMILES string of the molecule is CCCCC(=O)NC(=O)c1cncc([N+](=O)[O-])c1. The minimum absolute atomic E-state index is 0.00551. The summed E-state index contributed by atoms with van der Waals surface area (Å²) in [5, 5.41) is 12.7. The highest BCUT2D eigenvalue weighted by molar-refractivity contribution is 6.04. The Kier molecular flexibility index (Phi) is 4.91. The summed E-state index contributed by atoms with van der Waals surface area (Å²) in [5.41, 5.74) is -0.294. The molecule has 18 heavy (non-hydrogen) atoms. The molecule has 0 aliphatic carbocycles. The van der Waals surface area contributed by atoms with Gasteiger partial charge in [-0.2, -0.15) is 0 Å². The minimum atomic E-state index is -0.674. The Bertz CT molecular complexity index is 473. The first kappa shape index (κ1) is 13.8. The van der Waals surface area contributed by atoms with Crippen molar-refractivity contribution in [3.63, 3.8) is 0 Å². The van der Waals surface area contributed by atoms with E-state index in [2.05, 4.69) is 10.3 Å². The molecule has 1 rings (SSSR count). The Morgan fingerprint density at radius 3 is 2.78 bits per heavy atom. The molecule has 7 heteroatoms. The normalized spacial score (nSPS) is 9.83. The summed E-state index contributed by atoms with van der Waals surface area (Å²) in [6, 6.07) is 1.08. The van der Waals surface area contributed by atoms with E-state index in [1.54, 1.807) is 0 Å². The van der Waals surface area contributed by atoms with Crippen LogP contribution in [0.3, 0.4) is 0 Å². The molecule has 1 aromatic rings. The second-order valence-corrected chi connectivity index (χ2v) is 3.67. The first-order chi connectivity index (χ1) is 8.54. The molecule has 0 aromatic carbocycles. The Morgan fingerprint density at radius 1 is 1.44 bits per heavy atom. The van der Waals surface area contributed by atoms with Gasteiger partial charge < -0.3 is 0 Å². The molecule has 0 saturated heterocycles. The number of rotatable bonds is 5. The van der Waals surface area contributed by atoms with Crippen molar-refractivity contribution in [3.8, 4) is 0 Å². The zero-order chi connectivity index (χ0) is 13.5. The highest BCUT2D eigenvalue weighted by atomic mass is 16.6. The van der Waals surface area contributed by atoms with Gasteiger partial charge in [-0.25, -0.2) is 0 Å². The molecule has 0 radical (unpaired) electrons. The smallest absolute Gasteiger partial charge is 0.288 e. The Balaban J connectivity index is 2.69. The number of imide groups is 1. The lowest BCUT2D eigenvalue weighted by Crippen LogP contribution is -2.30. The molecule has 1 heterocycles. The zero-order valence-corrected chi connectivity index (χ0v) is 9.88. The van der Waals surface area contributed by atoms with Gasteiger partial charge in [0.05, 0.1) is 10.5 Å². The van der Waals surface area contributed by atoms with Gasteiger partial charge in [0.25, 0.3) is 11.6 Å². The predicted molar refractivity (Wildman–Crippen MR) is 62.9 cm³/mol. The molecule has 0 bridgehead atoms. The number of pyridine rings is 1. The number of unbranched alkanes of at least 4 members (excludes halogenated alkanes) is 1. The summed E-state index contributed by atoms with van der Waals surface area (Å²) in [6.07, 6.45) is 4.00. The van der Waals surface area contributed by atoms with Crippen LogP contribution in [0.1, 0.15) is 36.5 Å². The number of hydrogen-bond donors (Lipinski definition) is 1. The van der Waals surface area contributed by atoms with Crippen molar-refractivity contribution < 1.29 is 14.5 Å². The number of amides is 2. The first-order valence-corrected chi connectivity index (χ1v) is 5.48. The van der Waals surface area contributed by atoms with Crippen LogP contribution in [0.15, 0.2) is 18.5 Å². The highest BCUT2D eigenvalue weighted by Crippen LogP contribution is 2.10. The van der Waals surface area contributed by atoms with Gasteiger partial charge in [-0.15, -0.1) is 0 Å². The summed E-state index contributed by atoms with van der Waals surface area (Å²) in [7, 11) is 0. The maximum atomic E-state index is 11.6. The molecule has 0 spiro atoms. The number of carbonyl (C=O) groups is 2. The third-order valence-corrected chi connectivity index (χ3v) is 2.21. The van der Waals surface area contributed by atoms with Crippen molar-refractivity contribution in [2.24, 2.45) is 0 Å². The highest BCUT2D eigenvalue weighted by Gasteiger charge is 2.14. The third-order valence-electron chi connectivity index (χ3n) is 2.21. The van der Waals surface area contributed by atoms with Gasteiger partial charge in [-0.3, -0.25) is 30.0 Å². The quantitative estimate of drug-likeness (QED) is 0.630. The number of nitrogens with zero attached hydrogens (tertiary/aromatic N) is 2. The number of carbonyl (C=O) groups excluding carboxylic acids is 2.